The van der Waals surface area contributed by atoms with E-state index < -0.39 is 58.0 Å². The van der Waals surface area contributed by atoms with Crippen LogP contribution in [0.5, 0.6) is 0 Å². The summed E-state index contributed by atoms with van der Waals surface area (Å²) in [4.78, 5) is 54.2. The van der Waals surface area contributed by atoms with Crippen LogP contribution in [-0.2, 0) is 22.7 Å². The van der Waals surface area contributed by atoms with Gasteiger partial charge in [0.15, 0.2) is 6.23 Å². The molecule has 0 saturated carbocycles. The first kappa shape index (κ1) is 27.0. The standard InChI is InChI=1S/C9H14N2O12P2.2Li/c12-5-1-2-11(9(15)10-5)8-7(14)6(13)4(22-8)3-21-25(19,20)23-24(16,17)18;;/h1-2,4,6-8,13-14H,3H2,(H,19,20)(H,10,12,15)(H2,16,17,18);;/q;2*+1/p-2/t4-,6+,7?,8-;;/m1../s1/i1+1,2+1,3+1,4+1,5+1,6+1,7+1,8+1,9+1,10+1,11+1;;. The first-order valence-electron chi connectivity index (χ1n) is 6.43. The van der Waals surface area contributed by atoms with Crippen LogP contribution in [0.25, 0.3) is 0 Å². The SMILES string of the molecule is O=[13c]1[13cH][13cH][15n]([13C@@H]2O[13C@H]([13CH2]OP(=O)(O)OP(=O)([O-])[O-])[13C@H](O)[13CH]2O)[13c](=O)[15nH]1.[Li+].[Li+]. The van der Waals surface area contributed by atoms with Crippen LogP contribution >= 0.6 is 15.6 Å². The molecule has 4 N–H and O–H groups in total. The van der Waals surface area contributed by atoms with Gasteiger partial charge in [0, 0.05) is 12.3 Å². The number of nitrogens with one attached hydrogen (secondary N) is 1. The fraction of sp³-hybridized carbons (Fsp3) is 0.556. The largest absolute Gasteiger partial charge is 1.00 e. The maximum Gasteiger partial charge on any atom is 1.00 e. The van der Waals surface area contributed by atoms with E-state index in [-0.39, 0.29) is 37.7 Å². The molecule has 2 rings (SSSR count). The zero-order valence-corrected chi connectivity index (χ0v) is 15.8. The second-order valence-corrected chi connectivity index (χ2v) is 7.60. The number of nitrogens with zero attached hydrogens (tertiary/aromatic N) is 1. The molecule has 2 unspecified atom stereocenters. The summed E-state index contributed by atoms with van der Waals surface area (Å²) in [6.45, 7) is -0.958. The van der Waals surface area contributed by atoms with E-state index in [0.29, 0.717) is 0 Å². The van der Waals surface area contributed by atoms with Crippen molar-refractivity contribution in [2.75, 3.05) is 6.61 Å². The van der Waals surface area contributed by atoms with Crippen LogP contribution in [-0.4, -0.2) is 49.6 Å². The van der Waals surface area contributed by atoms with Gasteiger partial charge >= 0.3 is 51.2 Å². The number of rotatable bonds is 6. The Morgan fingerprint density at radius 3 is 2.33 bits per heavy atom. The Labute approximate surface area is 174 Å². The number of aliphatic hydroxyl groups is 2. The number of hydrogen-bond acceptors (Lipinski definition) is 11. The maximum atomic E-state index is 11.7. The van der Waals surface area contributed by atoms with E-state index >= 15 is 0 Å². The normalized spacial score (nSPS) is 27.3. The molecule has 18 heteroatoms. The van der Waals surface area contributed by atoms with E-state index in [0.717, 1.165) is 16.8 Å². The average Bonchev–Trinajstić information content (AvgIpc) is 2.71. The number of phosphoric acid groups is 2. The van der Waals surface area contributed by atoms with Crippen molar-refractivity contribution in [3.63, 3.8) is 0 Å². The quantitative estimate of drug-likeness (QED) is 0.189. The zero-order chi connectivity index (χ0) is 19.0. The predicted molar refractivity (Wildman–Crippen MR) is 71.7 cm³/mol. The Balaban J connectivity index is 0.00000338. The van der Waals surface area contributed by atoms with Gasteiger partial charge in [-0.3, -0.25) is 23.2 Å². The van der Waals surface area contributed by atoms with Gasteiger partial charge in [0.05, 0.1) is 14.4 Å². The van der Waals surface area contributed by atoms with Crippen molar-refractivity contribution in [2.45, 2.75) is 24.5 Å². The molecule has 0 bridgehead atoms. The number of aromatic amines is 1. The number of aromatic nitrogens is 2. The van der Waals surface area contributed by atoms with Gasteiger partial charge in [0.2, 0.25) is 0 Å². The van der Waals surface area contributed by atoms with Gasteiger partial charge in [0.1, 0.15) is 18.3 Å². The second-order valence-electron chi connectivity index (χ2n) is 4.86. The molecule has 142 valence electrons. The molecule has 5 atom stereocenters. The van der Waals surface area contributed by atoms with Crippen molar-refractivity contribution in [1.82, 2.24) is 9.55 Å². The molecule has 2 heterocycles. The number of hydrogen-bond donors (Lipinski definition) is 4. The van der Waals surface area contributed by atoms with Crippen LogP contribution in [0.2, 0.25) is 0 Å². The van der Waals surface area contributed by atoms with Gasteiger partial charge in [0.25, 0.3) is 5.56 Å². The molecular weight excluding hydrogens is 415 g/mol. The second kappa shape index (κ2) is 10.2. The van der Waals surface area contributed by atoms with Crippen molar-refractivity contribution >= 4 is 15.6 Å². The van der Waals surface area contributed by atoms with Crippen molar-refractivity contribution in [3.8, 4) is 0 Å². The zero-order valence-electron chi connectivity index (χ0n) is 14.0. The molecule has 27 heavy (non-hydrogen) atoms. The summed E-state index contributed by atoms with van der Waals surface area (Å²) in [5, 5.41) is 19.7. The minimum atomic E-state index is -5.82. The molecule has 0 spiro atoms. The molecule has 1 fully saturated rings. The number of phosphoric ester groups is 1. The maximum absolute atomic E-state index is 11.7. The molecule has 0 radical (unpaired) electrons. The van der Waals surface area contributed by atoms with Crippen LogP contribution in [0, 0.1) is 0 Å². The van der Waals surface area contributed by atoms with Crippen molar-refractivity contribution in [1.29, 1.82) is 0 Å². The predicted octanol–water partition coefficient (Wildman–Crippen LogP) is -9.87. The smallest absolute Gasteiger partial charge is 0.789 e. The summed E-state index contributed by atoms with van der Waals surface area (Å²) in [6.07, 6.45) is -5.38. The van der Waals surface area contributed by atoms with E-state index in [2.05, 4.69) is 8.83 Å². The van der Waals surface area contributed by atoms with Gasteiger partial charge in [-0.25, -0.2) is 9.36 Å². The molecular formula is C9H12Li2N2O12P2. The molecule has 0 amide bonds. The summed E-state index contributed by atoms with van der Waals surface area (Å²) in [6, 6.07) is 0.948. The van der Waals surface area contributed by atoms with E-state index in [9.17, 15) is 38.7 Å². The Hall–Kier alpha value is 0.0148. The molecule has 1 aromatic heterocycles. The molecule has 1 saturated heterocycles. The van der Waals surface area contributed by atoms with Gasteiger partial charge < -0.3 is 34.2 Å². The summed E-state index contributed by atoms with van der Waals surface area (Å²) < 4.78 is 35.0. The third-order valence-corrected chi connectivity index (χ3v) is 5.17. The molecule has 1 aromatic rings. The molecule has 0 aromatic carbocycles. The third-order valence-electron chi connectivity index (χ3n) is 3.07. The Morgan fingerprint density at radius 1 is 1.22 bits per heavy atom. The van der Waals surface area contributed by atoms with Crippen LogP contribution in [0.1, 0.15) is 6.23 Å². The fourth-order valence-corrected chi connectivity index (χ4v) is 3.58. The molecule has 0 aliphatic carbocycles. The number of H-pyrrole nitrogens is 1. The van der Waals surface area contributed by atoms with Gasteiger partial charge in [-0.2, -0.15) is 0 Å². The minimum absolute atomic E-state index is 0. The van der Waals surface area contributed by atoms with E-state index in [1.807, 2.05) is 4.98 Å². The van der Waals surface area contributed by atoms with E-state index in [4.69, 9.17) is 9.63 Å². The van der Waals surface area contributed by atoms with Crippen molar-refractivity contribution < 1.29 is 85.3 Å². The van der Waals surface area contributed by atoms with Gasteiger partial charge in [-0.05, 0) is 0 Å². The molecule has 1 aliphatic rings. The number of aliphatic hydroxyl groups excluding tert-OH is 2. The Bertz CT molecular complexity index is 839. The Kier molecular flexibility index (Phi) is 10.2. The van der Waals surface area contributed by atoms with E-state index in [1.54, 1.807) is 0 Å². The van der Waals surface area contributed by atoms with Crippen LogP contribution < -0.4 is 58.8 Å². The van der Waals surface area contributed by atoms with Crippen LogP contribution in [0.4, 0.5) is 0 Å². The van der Waals surface area contributed by atoms with Crippen LogP contribution in [0.15, 0.2) is 21.9 Å². The van der Waals surface area contributed by atoms with Crippen molar-refractivity contribution in [3.05, 3.63) is 33.1 Å². The van der Waals surface area contributed by atoms with Gasteiger partial charge in [-0.1, -0.05) is 0 Å². The average molecular weight is 427 g/mol. The summed E-state index contributed by atoms with van der Waals surface area (Å²) in [5.74, 6) is 0. The minimum Gasteiger partial charge on any atom is -0.789 e. The third kappa shape index (κ3) is 7.40. The molecule has 14 nitrogen and oxygen atoms in total. The number of ether oxygens (including phenoxy) is 1. The van der Waals surface area contributed by atoms with E-state index in [1.165, 1.54) is 0 Å². The summed E-state index contributed by atoms with van der Waals surface area (Å²) in [5.41, 5.74) is -1.67. The summed E-state index contributed by atoms with van der Waals surface area (Å²) >= 11 is 0. The summed E-state index contributed by atoms with van der Waals surface area (Å²) in [7, 11) is -11.1. The van der Waals surface area contributed by atoms with Crippen LogP contribution in [0.3, 0.4) is 0 Å². The topological polar surface area (TPSA) is 223 Å². The monoisotopic (exact) mass is 427 g/mol. The molecule has 1 aliphatic heterocycles. The Morgan fingerprint density at radius 2 is 1.81 bits per heavy atom. The fourth-order valence-electron chi connectivity index (χ4n) is 2.04. The first-order chi connectivity index (χ1) is 11.4. The van der Waals surface area contributed by atoms with Crippen molar-refractivity contribution in [2.24, 2.45) is 0 Å². The van der Waals surface area contributed by atoms with Gasteiger partial charge in [-0.15, -0.1) is 0 Å². The first-order valence-corrected chi connectivity index (χ1v) is 9.39.